The van der Waals surface area contributed by atoms with Crippen LogP contribution in [-0.4, -0.2) is 29.9 Å². The van der Waals surface area contributed by atoms with Crippen molar-refractivity contribution in [2.45, 2.75) is 0 Å². The lowest BCUT2D eigenvalue weighted by Gasteiger charge is -2.08. The van der Waals surface area contributed by atoms with Gasteiger partial charge in [0, 0.05) is 19.1 Å². The molecule has 92 valence electrons. The molecule has 2 aromatic rings. The molecule has 0 aliphatic carbocycles. The number of hydrogen-bond donors (Lipinski definition) is 1. The first-order valence-corrected chi connectivity index (χ1v) is 5.83. The van der Waals surface area contributed by atoms with E-state index in [0.29, 0.717) is 16.1 Å². The van der Waals surface area contributed by atoms with Crippen LogP contribution in [0, 0.1) is 0 Å². The topological polar surface area (TPSA) is 54.5 Å². The number of guanidine groups is 1. The van der Waals surface area contributed by atoms with Gasteiger partial charge in [-0.3, -0.25) is 0 Å². The molecule has 0 atom stereocenters. The van der Waals surface area contributed by atoms with Crippen molar-refractivity contribution < 1.29 is 0 Å². The normalized spacial score (nSPS) is 11.4. The first-order chi connectivity index (χ1) is 7.56. The fourth-order valence-corrected chi connectivity index (χ4v) is 2.25. The summed E-state index contributed by atoms with van der Waals surface area (Å²) in [5, 5.41) is 1.34. The van der Waals surface area contributed by atoms with Crippen molar-refractivity contribution in [3.05, 3.63) is 23.2 Å². The molecular formula is C10H12BrClN4S. The second-order valence-electron chi connectivity index (χ2n) is 3.47. The van der Waals surface area contributed by atoms with Gasteiger partial charge in [0.1, 0.15) is 0 Å². The van der Waals surface area contributed by atoms with Gasteiger partial charge in [-0.25, -0.2) is 4.98 Å². The third-order valence-electron chi connectivity index (χ3n) is 2.01. The van der Waals surface area contributed by atoms with E-state index in [1.807, 2.05) is 32.3 Å². The van der Waals surface area contributed by atoms with Crippen LogP contribution in [0.3, 0.4) is 0 Å². The van der Waals surface area contributed by atoms with E-state index in [-0.39, 0.29) is 17.0 Å². The lowest BCUT2D eigenvalue weighted by Crippen LogP contribution is -2.29. The Bertz CT molecular complexity index is 552. The van der Waals surface area contributed by atoms with Crippen molar-refractivity contribution in [1.82, 2.24) is 9.88 Å². The summed E-state index contributed by atoms with van der Waals surface area (Å²) in [5.41, 5.74) is 6.61. The standard InChI is InChI=1S/C10H11ClN4S.BrH/c1-15(2)9(12)14-10-13-7-4-3-6(11)5-8(7)16-10;/h3-5H,1-2H3,(H2,12,13,14);1H. The van der Waals surface area contributed by atoms with Crippen molar-refractivity contribution in [2.24, 2.45) is 10.7 Å². The SMILES string of the molecule is Br.CN(C)/C(N)=N\c1nc2ccc(Cl)cc2s1. The predicted molar refractivity (Wildman–Crippen MR) is 79.9 cm³/mol. The summed E-state index contributed by atoms with van der Waals surface area (Å²) < 4.78 is 1.01. The van der Waals surface area contributed by atoms with E-state index in [9.17, 15) is 0 Å². The van der Waals surface area contributed by atoms with Crippen LogP contribution in [-0.2, 0) is 0 Å². The molecule has 1 aromatic heterocycles. The Labute approximate surface area is 119 Å². The fraction of sp³-hybridized carbons (Fsp3) is 0.200. The number of benzene rings is 1. The largest absolute Gasteiger partial charge is 0.369 e. The minimum atomic E-state index is 0. The lowest BCUT2D eigenvalue weighted by molar-refractivity contribution is 0.614. The van der Waals surface area contributed by atoms with Crippen LogP contribution in [0.1, 0.15) is 0 Å². The smallest absolute Gasteiger partial charge is 0.213 e. The molecule has 4 nitrogen and oxygen atoms in total. The molecule has 1 aromatic carbocycles. The second kappa shape index (κ2) is 5.66. The number of thiazole rings is 1. The number of halogens is 2. The van der Waals surface area contributed by atoms with Gasteiger partial charge in [0.15, 0.2) is 5.96 Å². The van der Waals surface area contributed by atoms with Crippen molar-refractivity contribution in [2.75, 3.05) is 14.1 Å². The van der Waals surface area contributed by atoms with Crippen molar-refractivity contribution in [1.29, 1.82) is 0 Å². The molecule has 0 saturated carbocycles. The lowest BCUT2D eigenvalue weighted by atomic mass is 10.3. The van der Waals surface area contributed by atoms with E-state index in [1.54, 1.807) is 4.90 Å². The number of hydrogen-bond acceptors (Lipinski definition) is 3. The van der Waals surface area contributed by atoms with E-state index >= 15 is 0 Å². The van der Waals surface area contributed by atoms with Gasteiger partial charge in [-0.05, 0) is 18.2 Å². The zero-order chi connectivity index (χ0) is 11.7. The highest BCUT2D eigenvalue weighted by atomic mass is 79.9. The molecule has 0 bridgehead atoms. The van der Waals surface area contributed by atoms with Crippen molar-refractivity contribution >= 4 is 61.2 Å². The molecule has 0 spiro atoms. The van der Waals surface area contributed by atoms with Crippen molar-refractivity contribution in [3.63, 3.8) is 0 Å². The maximum atomic E-state index is 5.89. The van der Waals surface area contributed by atoms with Gasteiger partial charge in [0.2, 0.25) is 5.13 Å². The zero-order valence-electron chi connectivity index (χ0n) is 9.35. The van der Waals surface area contributed by atoms with Crippen LogP contribution in [0.4, 0.5) is 5.13 Å². The number of aliphatic imine (C=N–C) groups is 1. The highest BCUT2D eigenvalue weighted by Crippen LogP contribution is 2.29. The molecule has 2 rings (SSSR count). The first kappa shape index (κ1) is 14.2. The Hall–Kier alpha value is -0.850. The number of aromatic nitrogens is 1. The van der Waals surface area contributed by atoms with Crippen LogP contribution < -0.4 is 5.73 Å². The molecule has 0 aliphatic heterocycles. The highest BCUT2D eigenvalue weighted by molar-refractivity contribution is 8.93. The summed E-state index contributed by atoms with van der Waals surface area (Å²) >= 11 is 7.36. The Kier molecular flexibility index (Phi) is 4.73. The fourth-order valence-electron chi connectivity index (χ4n) is 1.13. The molecular weight excluding hydrogens is 324 g/mol. The molecule has 0 fully saturated rings. The van der Waals surface area contributed by atoms with Gasteiger partial charge in [-0.2, -0.15) is 4.99 Å². The van der Waals surface area contributed by atoms with Gasteiger partial charge in [-0.15, -0.1) is 17.0 Å². The molecule has 17 heavy (non-hydrogen) atoms. The van der Waals surface area contributed by atoms with E-state index in [0.717, 1.165) is 10.2 Å². The third kappa shape index (κ3) is 3.31. The third-order valence-corrected chi connectivity index (χ3v) is 3.15. The van der Waals surface area contributed by atoms with Crippen LogP contribution in [0.5, 0.6) is 0 Å². The molecule has 0 radical (unpaired) electrons. The molecule has 1 heterocycles. The van der Waals surface area contributed by atoms with Gasteiger partial charge < -0.3 is 10.6 Å². The maximum absolute atomic E-state index is 5.89. The molecule has 0 aliphatic rings. The first-order valence-electron chi connectivity index (χ1n) is 4.64. The zero-order valence-corrected chi connectivity index (χ0v) is 12.6. The number of nitrogens with zero attached hydrogens (tertiary/aromatic N) is 3. The highest BCUT2D eigenvalue weighted by Gasteiger charge is 2.04. The summed E-state index contributed by atoms with van der Waals surface area (Å²) in [6, 6.07) is 5.56. The predicted octanol–water partition coefficient (Wildman–Crippen LogP) is 3.04. The van der Waals surface area contributed by atoms with Gasteiger partial charge in [0.25, 0.3) is 0 Å². The van der Waals surface area contributed by atoms with Gasteiger partial charge in [0.05, 0.1) is 10.2 Å². The second-order valence-corrected chi connectivity index (χ2v) is 4.92. The summed E-state index contributed by atoms with van der Waals surface area (Å²) in [5.74, 6) is 0.435. The number of fused-ring (bicyclic) bond motifs is 1. The number of rotatable bonds is 1. The average Bonchev–Trinajstić information content (AvgIpc) is 2.58. The molecule has 2 N–H and O–H groups in total. The minimum absolute atomic E-state index is 0. The minimum Gasteiger partial charge on any atom is -0.369 e. The molecule has 0 unspecified atom stereocenters. The van der Waals surface area contributed by atoms with E-state index in [2.05, 4.69) is 9.98 Å². The van der Waals surface area contributed by atoms with E-state index in [1.165, 1.54) is 11.3 Å². The van der Waals surface area contributed by atoms with Gasteiger partial charge >= 0.3 is 0 Å². The Balaban J connectivity index is 0.00000144. The van der Waals surface area contributed by atoms with Gasteiger partial charge in [-0.1, -0.05) is 22.9 Å². The van der Waals surface area contributed by atoms with E-state index < -0.39 is 0 Å². The Morgan fingerprint density at radius 3 is 2.82 bits per heavy atom. The summed E-state index contributed by atoms with van der Waals surface area (Å²) in [6.45, 7) is 0. The molecule has 0 amide bonds. The van der Waals surface area contributed by atoms with Crippen LogP contribution in [0.15, 0.2) is 23.2 Å². The Morgan fingerprint density at radius 2 is 2.18 bits per heavy atom. The van der Waals surface area contributed by atoms with Crippen LogP contribution >= 0.6 is 39.9 Å². The summed E-state index contributed by atoms with van der Waals surface area (Å²) in [4.78, 5) is 10.3. The van der Waals surface area contributed by atoms with Crippen LogP contribution in [0.25, 0.3) is 10.2 Å². The summed E-state index contributed by atoms with van der Waals surface area (Å²) in [6.07, 6.45) is 0. The van der Waals surface area contributed by atoms with E-state index in [4.69, 9.17) is 17.3 Å². The van der Waals surface area contributed by atoms with Crippen molar-refractivity contribution in [3.8, 4) is 0 Å². The van der Waals surface area contributed by atoms with Crippen LogP contribution in [0.2, 0.25) is 5.02 Å². The quantitative estimate of drug-likeness (QED) is 0.644. The molecule has 7 heteroatoms. The molecule has 0 saturated heterocycles. The summed E-state index contributed by atoms with van der Waals surface area (Å²) in [7, 11) is 3.67. The monoisotopic (exact) mass is 334 g/mol. The maximum Gasteiger partial charge on any atom is 0.213 e. The Morgan fingerprint density at radius 1 is 1.47 bits per heavy atom. The number of nitrogens with two attached hydrogens (primary N) is 1. The average molecular weight is 336 g/mol.